The van der Waals surface area contributed by atoms with Crippen LogP contribution in [0.5, 0.6) is 17.2 Å². The minimum Gasteiger partial charge on any atom is -0.494 e. The van der Waals surface area contributed by atoms with Gasteiger partial charge in [-0.1, -0.05) is 65.0 Å². The quantitative estimate of drug-likeness (QED) is 0.0925. The maximum atomic E-state index is 12.5. The molecule has 4 heteroatoms. The summed E-state index contributed by atoms with van der Waals surface area (Å²) in [5.74, 6) is 2.49. The number of esters is 1. The minimum absolute atomic E-state index is 0.383. The third kappa shape index (κ3) is 12.5. The van der Waals surface area contributed by atoms with Crippen molar-refractivity contribution in [2.45, 2.75) is 85.0 Å². The average Bonchev–Trinajstić information content (AvgIpc) is 2.88. The summed E-state index contributed by atoms with van der Waals surface area (Å²) in [6.45, 7) is 8.14. The predicted octanol–water partition coefficient (Wildman–Crippen LogP) is 8.80. The highest BCUT2D eigenvalue weighted by Gasteiger charge is 2.09. The van der Waals surface area contributed by atoms with Gasteiger partial charge in [0, 0.05) is 0 Å². The highest BCUT2D eigenvalue weighted by Crippen LogP contribution is 2.20. The number of benzene rings is 2. The Labute approximate surface area is 212 Å². The van der Waals surface area contributed by atoms with E-state index in [1.807, 2.05) is 24.3 Å². The zero-order chi connectivity index (χ0) is 25.1. The summed E-state index contributed by atoms with van der Waals surface area (Å²) in [6, 6.07) is 14.3. The monoisotopic (exact) mass is 480 g/mol. The lowest BCUT2D eigenvalue weighted by Crippen LogP contribution is -2.08. The van der Waals surface area contributed by atoms with Gasteiger partial charge in [0.2, 0.25) is 0 Å². The van der Waals surface area contributed by atoms with Crippen molar-refractivity contribution >= 4 is 5.97 Å². The predicted molar refractivity (Wildman–Crippen MR) is 145 cm³/mol. The first-order valence-electron chi connectivity index (χ1n) is 13.4. The Morgan fingerprint density at radius 1 is 0.743 bits per heavy atom. The van der Waals surface area contributed by atoms with E-state index in [1.54, 1.807) is 24.3 Å². The number of allylic oxidation sites excluding steroid dienone is 2. The van der Waals surface area contributed by atoms with Gasteiger partial charge in [-0.2, -0.15) is 0 Å². The number of carbonyl (C=O) groups is 1. The van der Waals surface area contributed by atoms with Crippen LogP contribution in [0.25, 0.3) is 0 Å². The molecule has 0 spiro atoms. The van der Waals surface area contributed by atoms with Crippen LogP contribution in [0.2, 0.25) is 0 Å². The average molecular weight is 481 g/mol. The van der Waals surface area contributed by atoms with Gasteiger partial charge in [0.05, 0.1) is 18.8 Å². The van der Waals surface area contributed by atoms with Crippen molar-refractivity contribution in [2.24, 2.45) is 5.92 Å². The summed E-state index contributed by atoms with van der Waals surface area (Å²) in [6.07, 6.45) is 16.1. The van der Waals surface area contributed by atoms with Crippen LogP contribution in [0.15, 0.2) is 60.7 Å². The SMILES string of the molecule is CCC/C=C/CCCCOc1ccc(OC(=O)c2ccc(OCCCCC[C@@H](C)CC)cc2)cc1. The lowest BCUT2D eigenvalue weighted by molar-refractivity contribution is 0.0734. The van der Waals surface area contributed by atoms with Crippen molar-refractivity contribution < 1.29 is 19.0 Å². The second kappa shape index (κ2) is 17.7. The van der Waals surface area contributed by atoms with Crippen LogP contribution in [-0.2, 0) is 0 Å². The summed E-state index contributed by atoms with van der Waals surface area (Å²) >= 11 is 0. The van der Waals surface area contributed by atoms with E-state index in [4.69, 9.17) is 14.2 Å². The molecule has 0 radical (unpaired) electrons. The van der Waals surface area contributed by atoms with Crippen molar-refractivity contribution in [2.75, 3.05) is 13.2 Å². The zero-order valence-electron chi connectivity index (χ0n) is 22.0. The normalized spacial score (nSPS) is 12.0. The van der Waals surface area contributed by atoms with Gasteiger partial charge in [0.15, 0.2) is 0 Å². The van der Waals surface area contributed by atoms with Gasteiger partial charge in [0.1, 0.15) is 17.2 Å². The lowest BCUT2D eigenvalue weighted by atomic mass is 10.0. The number of ether oxygens (including phenoxy) is 3. The molecule has 2 aromatic carbocycles. The highest BCUT2D eigenvalue weighted by atomic mass is 16.5. The number of unbranched alkanes of at least 4 members (excludes halogenated alkanes) is 5. The van der Waals surface area contributed by atoms with Crippen molar-refractivity contribution in [1.29, 1.82) is 0 Å². The number of hydrogen-bond donors (Lipinski definition) is 0. The zero-order valence-corrected chi connectivity index (χ0v) is 22.0. The van der Waals surface area contributed by atoms with Gasteiger partial charge in [-0.15, -0.1) is 0 Å². The molecule has 4 nitrogen and oxygen atoms in total. The van der Waals surface area contributed by atoms with E-state index in [-0.39, 0.29) is 5.97 Å². The number of rotatable bonds is 18. The summed E-state index contributed by atoms with van der Waals surface area (Å²) in [5, 5.41) is 0. The summed E-state index contributed by atoms with van der Waals surface area (Å²) in [7, 11) is 0. The van der Waals surface area contributed by atoms with E-state index in [1.165, 1.54) is 32.1 Å². The first kappa shape index (κ1) is 28.5. The molecular weight excluding hydrogens is 436 g/mol. The molecule has 0 aromatic heterocycles. The fourth-order valence-corrected chi connectivity index (χ4v) is 3.58. The molecule has 0 saturated carbocycles. The van der Waals surface area contributed by atoms with Crippen molar-refractivity contribution in [3.8, 4) is 17.2 Å². The Hall–Kier alpha value is -2.75. The number of carbonyl (C=O) groups excluding carboxylic acids is 1. The van der Waals surface area contributed by atoms with Crippen LogP contribution in [0, 0.1) is 5.92 Å². The Morgan fingerprint density at radius 2 is 1.31 bits per heavy atom. The smallest absolute Gasteiger partial charge is 0.343 e. The molecular formula is C31H44O4. The molecule has 192 valence electrons. The second-order valence-electron chi connectivity index (χ2n) is 9.20. The summed E-state index contributed by atoms with van der Waals surface area (Å²) < 4.78 is 17.1. The van der Waals surface area contributed by atoms with Crippen LogP contribution in [0.4, 0.5) is 0 Å². The Kier molecular flexibility index (Phi) is 14.4. The van der Waals surface area contributed by atoms with Gasteiger partial charge in [-0.05, 0) is 86.6 Å². The second-order valence-corrected chi connectivity index (χ2v) is 9.20. The summed E-state index contributed by atoms with van der Waals surface area (Å²) in [5.41, 5.74) is 0.499. The van der Waals surface area contributed by atoms with Crippen molar-refractivity contribution in [1.82, 2.24) is 0 Å². The standard InChI is InChI=1S/C31H44O4/c1-4-6-7-8-9-10-13-24-34-29-20-22-30(23-21-29)35-31(32)27-16-18-28(19-17-27)33-25-14-11-12-15-26(3)5-2/h7-8,16-23,26H,4-6,9-15,24-25H2,1-3H3/b8-7+/t26-/m0/s1. The molecule has 0 bridgehead atoms. The minimum atomic E-state index is -0.383. The lowest BCUT2D eigenvalue weighted by Gasteiger charge is -2.09. The van der Waals surface area contributed by atoms with E-state index in [2.05, 4.69) is 32.9 Å². The maximum absolute atomic E-state index is 12.5. The molecule has 0 aliphatic rings. The molecule has 0 amide bonds. The molecule has 0 aliphatic heterocycles. The molecule has 0 unspecified atom stereocenters. The van der Waals surface area contributed by atoms with Crippen molar-refractivity contribution in [3.05, 3.63) is 66.2 Å². The van der Waals surface area contributed by atoms with E-state index in [0.717, 1.165) is 49.5 Å². The first-order valence-corrected chi connectivity index (χ1v) is 13.4. The fraction of sp³-hybridized carbons (Fsp3) is 0.516. The molecule has 0 aliphatic carbocycles. The van der Waals surface area contributed by atoms with Gasteiger partial charge in [-0.25, -0.2) is 4.79 Å². The number of hydrogen-bond acceptors (Lipinski definition) is 4. The molecule has 35 heavy (non-hydrogen) atoms. The van der Waals surface area contributed by atoms with Crippen LogP contribution >= 0.6 is 0 Å². The van der Waals surface area contributed by atoms with Gasteiger partial charge in [0.25, 0.3) is 0 Å². The maximum Gasteiger partial charge on any atom is 0.343 e. The topological polar surface area (TPSA) is 44.8 Å². The van der Waals surface area contributed by atoms with E-state index < -0.39 is 0 Å². The first-order chi connectivity index (χ1) is 17.1. The molecule has 2 rings (SSSR count). The summed E-state index contributed by atoms with van der Waals surface area (Å²) in [4.78, 5) is 12.5. The van der Waals surface area contributed by atoms with Crippen molar-refractivity contribution in [3.63, 3.8) is 0 Å². The third-order valence-electron chi connectivity index (χ3n) is 6.09. The van der Waals surface area contributed by atoms with Crippen LogP contribution in [-0.4, -0.2) is 19.2 Å². The molecule has 0 saturated heterocycles. The third-order valence-corrected chi connectivity index (χ3v) is 6.09. The van der Waals surface area contributed by atoms with Crippen LogP contribution < -0.4 is 14.2 Å². The van der Waals surface area contributed by atoms with Gasteiger partial charge < -0.3 is 14.2 Å². The van der Waals surface area contributed by atoms with Gasteiger partial charge in [-0.3, -0.25) is 0 Å². The van der Waals surface area contributed by atoms with Gasteiger partial charge >= 0.3 is 5.97 Å². The molecule has 0 heterocycles. The Balaban J connectivity index is 1.64. The molecule has 1 atom stereocenters. The van der Waals surface area contributed by atoms with Crippen LogP contribution in [0.1, 0.15) is 95.3 Å². The Bertz CT molecular complexity index is 839. The van der Waals surface area contributed by atoms with E-state index >= 15 is 0 Å². The molecule has 2 aromatic rings. The molecule has 0 N–H and O–H groups in total. The highest BCUT2D eigenvalue weighted by molar-refractivity contribution is 5.91. The largest absolute Gasteiger partial charge is 0.494 e. The fourth-order valence-electron chi connectivity index (χ4n) is 3.58. The van der Waals surface area contributed by atoms with E-state index in [0.29, 0.717) is 24.5 Å². The molecule has 0 fully saturated rings. The van der Waals surface area contributed by atoms with E-state index in [9.17, 15) is 4.79 Å². The van der Waals surface area contributed by atoms with Crippen LogP contribution in [0.3, 0.4) is 0 Å². The Morgan fingerprint density at radius 3 is 1.94 bits per heavy atom.